The number of nitrogens with zero attached hydrogens (tertiary/aromatic N) is 1. The zero-order valence-corrected chi connectivity index (χ0v) is 18.8. The molecule has 1 atom stereocenters. The number of rotatable bonds is 4. The molecular weight excluding hydrogens is 549 g/mol. The summed E-state index contributed by atoms with van der Waals surface area (Å²) >= 11 is 4.46. The van der Waals surface area contributed by atoms with Crippen molar-refractivity contribution in [2.24, 2.45) is 5.92 Å². The Bertz CT molecular complexity index is 446. The smallest absolute Gasteiger partial charge is 0.142 e. The Morgan fingerprint density at radius 3 is 2.09 bits per heavy atom. The second-order valence-corrected chi connectivity index (χ2v) is 8.09. The number of hydrogen-bond donors (Lipinski definition) is 2. The summed E-state index contributed by atoms with van der Waals surface area (Å²) in [5.74, 6) is 1.08. The predicted octanol–water partition coefficient (Wildman–Crippen LogP) is 4.44. The quantitative estimate of drug-likeness (QED) is 0.524. The van der Waals surface area contributed by atoms with Gasteiger partial charge in [-0.05, 0) is 75.2 Å². The summed E-state index contributed by atoms with van der Waals surface area (Å²) in [5.41, 5.74) is 1.34. The molecule has 0 saturated carbocycles. The maximum Gasteiger partial charge on any atom is 0.142 e. The second-order valence-electron chi connectivity index (χ2n) is 5.76. The Labute approximate surface area is 173 Å². The van der Waals surface area contributed by atoms with Crippen LogP contribution in [0.25, 0.3) is 0 Å². The molecule has 0 radical (unpaired) electrons. The van der Waals surface area contributed by atoms with Crippen LogP contribution in [0, 0.1) is 13.1 Å². The summed E-state index contributed by atoms with van der Waals surface area (Å²) in [5, 5.41) is 13.4. The van der Waals surface area contributed by atoms with Crippen molar-refractivity contribution < 1.29 is 5.11 Å². The van der Waals surface area contributed by atoms with Gasteiger partial charge < -0.3 is 10.4 Å². The van der Waals surface area contributed by atoms with Crippen molar-refractivity contribution in [1.82, 2.24) is 10.2 Å². The van der Waals surface area contributed by atoms with Gasteiger partial charge in [0, 0.05) is 32.2 Å². The van der Waals surface area contributed by atoms with Crippen LogP contribution in [-0.4, -0.2) is 36.2 Å². The molecule has 0 bridgehead atoms. The summed E-state index contributed by atoms with van der Waals surface area (Å²) in [6.45, 7) is 8.91. The Kier molecular flexibility index (Phi) is 11.2. The third-order valence-electron chi connectivity index (χ3n) is 3.71. The Morgan fingerprint density at radius 1 is 1.14 bits per heavy atom. The average Bonchev–Trinajstić information content (AvgIpc) is 2.42. The van der Waals surface area contributed by atoms with Crippen molar-refractivity contribution in [2.75, 3.05) is 26.2 Å². The lowest BCUT2D eigenvalue weighted by atomic mass is 9.95. The maximum atomic E-state index is 9.97. The maximum absolute atomic E-state index is 9.97. The molecule has 2 N–H and O–H groups in total. The molecule has 1 aliphatic rings. The molecule has 1 aromatic carbocycles. The first kappa shape index (κ1) is 23.0. The van der Waals surface area contributed by atoms with E-state index in [1.165, 1.54) is 5.56 Å². The first-order chi connectivity index (χ1) is 9.49. The van der Waals surface area contributed by atoms with Crippen molar-refractivity contribution in [2.45, 2.75) is 26.3 Å². The number of hydrogen-bond acceptors (Lipinski definition) is 3. The van der Waals surface area contributed by atoms with Crippen LogP contribution in [-0.2, 0) is 0 Å². The van der Waals surface area contributed by atoms with E-state index in [-0.39, 0.29) is 24.8 Å². The Hall–Kier alpha value is 0.980. The van der Waals surface area contributed by atoms with E-state index < -0.39 is 0 Å². The lowest BCUT2D eigenvalue weighted by Gasteiger charge is -2.36. The van der Waals surface area contributed by atoms with Crippen LogP contribution in [0.5, 0.6) is 5.75 Å². The highest BCUT2D eigenvalue weighted by Gasteiger charge is 2.24. The molecular formula is C15H24Cl2I2N2O. The molecule has 1 aliphatic heterocycles. The van der Waals surface area contributed by atoms with Crippen LogP contribution >= 0.6 is 70.0 Å². The van der Waals surface area contributed by atoms with E-state index in [1.807, 2.05) is 0 Å². The van der Waals surface area contributed by atoms with E-state index >= 15 is 0 Å². The van der Waals surface area contributed by atoms with E-state index in [0.717, 1.165) is 39.7 Å². The van der Waals surface area contributed by atoms with Crippen molar-refractivity contribution in [1.29, 1.82) is 0 Å². The highest BCUT2D eigenvalue weighted by molar-refractivity contribution is 14.1. The fourth-order valence-corrected chi connectivity index (χ4v) is 4.53. The van der Waals surface area contributed by atoms with Crippen molar-refractivity contribution in [3.05, 3.63) is 24.8 Å². The summed E-state index contributed by atoms with van der Waals surface area (Å²) in [4.78, 5) is 2.58. The third kappa shape index (κ3) is 6.12. The van der Waals surface area contributed by atoms with Crippen LogP contribution in [0.4, 0.5) is 0 Å². The highest BCUT2D eigenvalue weighted by Crippen LogP contribution is 2.34. The zero-order chi connectivity index (χ0) is 14.7. The number of aromatic hydroxyl groups is 1. The molecule has 1 aromatic rings. The van der Waals surface area contributed by atoms with Crippen molar-refractivity contribution in [3.8, 4) is 5.75 Å². The molecule has 22 heavy (non-hydrogen) atoms. The van der Waals surface area contributed by atoms with Gasteiger partial charge in [-0.1, -0.05) is 13.8 Å². The SMILES string of the molecule is CC(C)C[C@@H](c1cc(I)c(O)c(I)c1)N1CCNCC1.Cl.Cl. The minimum Gasteiger partial charge on any atom is -0.506 e. The molecule has 1 saturated heterocycles. The van der Waals surface area contributed by atoms with E-state index in [2.05, 4.69) is 81.4 Å². The van der Waals surface area contributed by atoms with Crippen LogP contribution in [0.3, 0.4) is 0 Å². The van der Waals surface area contributed by atoms with Gasteiger partial charge in [0.05, 0.1) is 7.14 Å². The van der Waals surface area contributed by atoms with Gasteiger partial charge in [-0.25, -0.2) is 0 Å². The van der Waals surface area contributed by atoms with E-state index in [1.54, 1.807) is 0 Å². The zero-order valence-electron chi connectivity index (χ0n) is 12.8. The standard InChI is InChI=1S/C15H22I2N2O.2ClH/c1-10(2)7-14(19-5-3-18-4-6-19)11-8-12(16)15(20)13(17)9-11;;/h8-10,14,18,20H,3-7H2,1-2H3;2*1H/t14-;;/m0../s1. The van der Waals surface area contributed by atoms with Gasteiger partial charge in [0.1, 0.15) is 5.75 Å². The number of phenols is 1. The molecule has 0 spiro atoms. The fraction of sp³-hybridized carbons (Fsp3) is 0.600. The normalized spacial score (nSPS) is 16.8. The second kappa shape index (κ2) is 10.8. The molecule has 0 aliphatic carbocycles. The highest BCUT2D eigenvalue weighted by atomic mass is 127. The summed E-state index contributed by atoms with van der Waals surface area (Å²) in [6, 6.07) is 4.75. The predicted molar refractivity (Wildman–Crippen MR) is 115 cm³/mol. The molecule has 1 heterocycles. The lowest BCUT2D eigenvalue weighted by Crippen LogP contribution is -2.45. The Morgan fingerprint density at radius 2 is 1.64 bits per heavy atom. The molecule has 1 fully saturated rings. The molecule has 128 valence electrons. The third-order valence-corrected chi connectivity index (χ3v) is 5.36. The molecule has 0 unspecified atom stereocenters. The minimum atomic E-state index is 0. The Balaban J connectivity index is 0.00000220. The van der Waals surface area contributed by atoms with Crippen LogP contribution in [0.15, 0.2) is 12.1 Å². The molecule has 7 heteroatoms. The lowest BCUT2D eigenvalue weighted by molar-refractivity contribution is 0.154. The number of benzene rings is 1. The van der Waals surface area contributed by atoms with E-state index in [0.29, 0.717) is 17.7 Å². The largest absolute Gasteiger partial charge is 0.506 e. The topological polar surface area (TPSA) is 35.5 Å². The van der Waals surface area contributed by atoms with E-state index in [9.17, 15) is 5.11 Å². The van der Waals surface area contributed by atoms with Gasteiger partial charge >= 0.3 is 0 Å². The summed E-state index contributed by atoms with van der Waals surface area (Å²) < 4.78 is 1.90. The first-order valence-electron chi connectivity index (χ1n) is 7.11. The van der Waals surface area contributed by atoms with Crippen LogP contribution in [0.2, 0.25) is 0 Å². The molecule has 2 rings (SSSR count). The molecule has 0 aromatic heterocycles. The number of nitrogens with one attached hydrogen (secondary N) is 1. The summed E-state index contributed by atoms with van der Waals surface area (Å²) in [7, 11) is 0. The van der Waals surface area contributed by atoms with Crippen molar-refractivity contribution in [3.63, 3.8) is 0 Å². The van der Waals surface area contributed by atoms with E-state index in [4.69, 9.17) is 0 Å². The van der Waals surface area contributed by atoms with Gasteiger partial charge in [0.2, 0.25) is 0 Å². The van der Waals surface area contributed by atoms with Crippen LogP contribution < -0.4 is 5.32 Å². The monoisotopic (exact) mass is 572 g/mol. The van der Waals surface area contributed by atoms with Crippen LogP contribution in [0.1, 0.15) is 31.9 Å². The average molecular weight is 573 g/mol. The first-order valence-corrected chi connectivity index (χ1v) is 9.27. The summed E-state index contributed by atoms with van der Waals surface area (Å²) in [6.07, 6.45) is 1.16. The number of phenolic OH excluding ortho intramolecular Hbond substituents is 1. The number of piperazine rings is 1. The van der Waals surface area contributed by atoms with Gasteiger partial charge in [0.25, 0.3) is 0 Å². The number of halogens is 4. The molecule has 0 amide bonds. The van der Waals surface area contributed by atoms with Gasteiger partial charge in [-0.2, -0.15) is 0 Å². The van der Waals surface area contributed by atoms with Gasteiger partial charge in [0.15, 0.2) is 0 Å². The van der Waals surface area contributed by atoms with Crippen molar-refractivity contribution >= 4 is 70.0 Å². The van der Waals surface area contributed by atoms with Gasteiger partial charge in [-0.15, -0.1) is 24.8 Å². The minimum absolute atomic E-state index is 0. The molecule has 3 nitrogen and oxygen atoms in total. The fourth-order valence-electron chi connectivity index (χ4n) is 2.71. The van der Waals surface area contributed by atoms with Gasteiger partial charge in [-0.3, -0.25) is 4.90 Å².